The number of nitrogens with zero attached hydrogens (tertiary/aromatic N) is 3. The molecule has 124 valence electrons. The third kappa shape index (κ3) is 2.70. The van der Waals surface area contributed by atoms with Crippen LogP contribution in [-0.4, -0.2) is 15.3 Å². The number of halogens is 2. The molecular weight excluding hydrogens is 345 g/mol. The van der Waals surface area contributed by atoms with Crippen molar-refractivity contribution in [1.29, 1.82) is 0 Å². The van der Waals surface area contributed by atoms with Crippen LogP contribution in [0.15, 0.2) is 57.6 Å². The number of hydrogen-bond acceptors (Lipinski definition) is 5. The minimum atomic E-state index is -0.428. The Hall–Kier alpha value is -2.99. The number of aromatic nitrogens is 3. The third-order valence-electron chi connectivity index (χ3n) is 3.75. The van der Waals surface area contributed by atoms with E-state index in [4.69, 9.17) is 20.6 Å². The molecule has 2 aromatic carbocycles. The molecule has 0 bridgehead atoms. The van der Waals surface area contributed by atoms with E-state index in [-0.39, 0.29) is 17.3 Å². The van der Waals surface area contributed by atoms with Gasteiger partial charge in [0.05, 0.1) is 10.6 Å². The van der Waals surface area contributed by atoms with Crippen LogP contribution in [0.3, 0.4) is 0 Å². The molecule has 7 heteroatoms. The number of rotatable bonds is 3. The number of aryl methyl sites for hydroxylation is 1. The van der Waals surface area contributed by atoms with Crippen LogP contribution < -0.4 is 0 Å². The van der Waals surface area contributed by atoms with E-state index in [1.54, 1.807) is 31.2 Å². The molecule has 0 N–H and O–H groups in total. The lowest BCUT2D eigenvalue weighted by Gasteiger charge is -2.01. The second-order valence-electron chi connectivity index (χ2n) is 5.35. The molecule has 2 aromatic heterocycles. The number of hydrogen-bond donors (Lipinski definition) is 0. The topological polar surface area (TPSA) is 65.0 Å². The highest BCUT2D eigenvalue weighted by Gasteiger charge is 2.24. The van der Waals surface area contributed by atoms with Crippen LogP contribution in [-0.2, 0) is 0 Å². The van der Waals surface area contributed by atoms with Gasteiger partial charge in [0.15, 0.2) is 0 Å². The largest absolute Gasteiger partial charge is 0.360 e. The monoisotopic (exact) mass is 355 g/mol. The van der Waals surface area contributed by atoms with Crippen LogP contribution in [0.5, 0.6) is 0 Å². The summed E-state index contributed by atoms with van der Waals surface area (Å²) in [5, 5.41) is 8.45. The van der Waals surface area contributed by atoms with Crippen molar-refractivity contribution in [3.63, 3.8) is 0 Å². The van der Waals surface area contributed by atoms with Crippen molar-refractivity contribution in [3.8, 4) is 34.1 Å². The summed E-state index contributed by atoms with van der Waals surface area (Å²) in [6.07, 6.45) is 0. The van der Waals surface area contributed by atoms with Crippen LogP contribution in [0.1, 0.15) is 5.76 Å². The van der Waals surface area contributed by atoms with Gasteiger partial charge < -0.3 is 9.05 Å². The van der Waals surface area contributed by atoms with Crippen molar-refractivity contribution in [2.75, 3.05) is 0 Å². The first-order valence-corrected chi connectivity index (χ1v) is 7.83. The Labute approximate surface area is 147 Å². The van der Waals surface area contributed by atoms with Gasteiger partial charge in [-0.25, -0.2) is 4.39 Å². The van der Waals surface area contributed by atoms with Crippen molar-refractivity contribution in [3.05, 3.63) is 65.1 Å². The second kappa shape index (κ2) is 6.14. The first-order valence-electron chi connectivity index (χ1n) is 7.45. The maximum absolute atomic E-state index is 13.9. The van der Waals surface area contributed by atoms with Crippen LogP contribution in [0.25, 0.3) is 34.1 Å². The molecule has 0 atom stereocenters. The zero-order chi connectivity index (χ0) is 17.4. The van der Waals surface area contributed by atoms with Crippen molar-refractivity contribution >= 4 is 11.6 Å². The molecule has 0 spiro atoms. The lowest BCUT2D eigenvalue weighted by molar-refractivity contribution is 0.397. The van der Waals surface area contributed by atoms with Crippen LogP contribution in [0, 0.1) is 12.7 Å². The fourth-order valence-electron chi connectivity index (χ4n) is 2.54. The van der Waals surface area contributed by atoms with Gasteiger partial charge in [0, 0.05) is 5.56 Å². The Balaban J connectivity index is 1.84. The molecule has 25 heavy (non-hydrogen) atoms. The zero-order valence-electron chi connectivity index (χ0n) is 13.0. The summed E-state index contributed by atoms with van der Waals surface area (Å²) in [5.41, 5.74) is 1.96. The first-order chi connectivity index (χ1) is 12.1. The molecule has 0 unspecified atom stereocenters. The minimum absolute atomic E-state index is 0.152. The van der Waals surface area contributed by atoms with E-state index < -0.39 is 5.82 Å². The van der Waals surface area contributed by atoms with Gasteiger partial charge in [-0.15, -0.1) is 0 Å². The Kier molecular flexibility index (Phi) is 3.82. The Bertz CT molecular complexity index is 1060. The van der Waals surface area contributed by atoms with E-state index in [0.717, 1.165) is 0 Å². The molecule has 0 radical (unpaired) electrons. The van der Waals surface area contributed by atoms with Crippen molar-refractivity contribution in [2.24, 2.45) is 0 Å². The lowest BCUT2D eigenvalue weighted by atomic mass is 10.1. The summed E-state index contributed by atoms with van der Waals surface area (Å²) in [6.45, 7) is 1.73. The summed E-state index contributed by atoms with van der Waals surface area (Å²) in [7, 11) is 0. The first kappa shape index (κ1) is 15.5. The van der Waals surface area contributed by atoms with E-state index in [9.17, 15) is 4.39 Å². The highest BCUT2D eigenvalue weighted by atomic mass is 35.5. The average molecular weight is 356 g/mol. The van der Waals surface area contributed by atoms with Gasteiger partial charge in [0.2, 0.25) is 5.82 Å². The highest BCUT2D eigenvalue weighted by molar-refractivity contribution is 6.33. The van der Waals surface area contributed by atoms with Gasteiger partial charge in [0.25, 0.3) is 5.89 Å². The van der Waals surface area contributed by atoms with Gasteiger partial charge in [-0.1, -0.05) is 52.2 Å². The average Bonchev–Trinajstić information content (AvgIpc) is 3.22. The molecule has 0 aliphatic rings. The van der Waals surface area contributed by atoms with E-state index >= 15 is 0 Å². The second-order valence-corrected chi connectivity index (χ2v) is 5.75. The lowest BCUT2D eigenvalue weighted by Crippen LogP contribution is -1.87. The van der Waals surface area contributed by atoms with Crippen LogP contribution >= 0.6 is 11.6 Å². The Morgan fingerprint density at radius 3 is 2.40 bits per heavy atom. The van der Waals surface area contributed by atoms with Crippen LogP contribution in [0.4, 0.5) is 4.39 Å². The highest BCUT2D eigenvalue weighted by Crippen LogP contribution is 2.37. The molecule has 0 saturated carbocycles. The molecule has 2 heterocycles. The molecule has 0 amide bonds. The van der Waals surface area contributed by atoms with Gasteiger partial charge in [-0.05, 0) is 25.1 Å². The molecule has 5 nitrogen and oxygen atoms in total. The van der Waals surface area contributed by atoms with Gasteiger partial charge in [0.1, 0.15) is 22.8 Å². The fraction of sp³-hybridized carbons (Fsp3) is 0.0556. The van der Waals surface area contributed by atoms with Crippen molar-refractivity contribution in [2.45, 2.75) is 6.92 Å². The predicted octanol–water partition coefficient (Wildman–Crippen LogP) is 5.16. The van der Waals surface area contributed by atoms with Gasteiger partial charge in [-0.3, -0.25) is 0 Å². The quantitative estimate of drug-likeness (QED) is 0.508. The molecule has 0 saturated heterocycles. The van der Waals surface area contributed by atoms with Crippen LogP contribution in [0.2, 0.25) is 5.02 Å². The standard InChI is InChI=1S/C18H11ClFN3O2/c1-10-15(16(22-24-10)11-6-2-4-8-13(11)19)18-21-17(23-25-18)12-7-3-5-9-14(12)20/h2-9H,1H3. The SMILES string of the molecule is Cc1onc(-c2ccccc2Cl)c1-c1nc(-c2ccccc2F)no1. The van der Waals surface area contributed by atoms with Gasteiger partial charge in [-0.2, -0.15) is 4.98 Å². The van der Waals surface area contributed by atoms with E-state index in [1.807, 2.05) is 18.2 Å². The predicted molar refractivity (Wildman–Crippen MR) is 90.4 cm³/mol. The third-order valence-corrected chi connectivity index (χ3v) is 4.08. The summed E-state index contributed by atoms with van der Waals surface area (Å²) >= 11 is 6.25. The smallest absolute Gasteiger partial charge is 0.264 e. The fourth-order valence-corrected chi connectivity index (χ4v) is 2.76. The van der Waals surface area contributed by atoms with Crippen molar-refractivity contribution in [1.82, 2.24) is 15.3 Å². The summed E-state index contributed by atoms with van der Waals surface area (Å²) in [6, 6.07) is 13.5. The summed E-state index contributed by atoms with van der Waals surface area (Å²) in [4.78, 5) is 4.30. The molecule has 4 aromatic rings. The maximum atomic E-state index is 13.9. The van der Waals surface area contributed by atoms with Crippen molar-refractivity contribution < 1.29 is 13.4 Å². The Morgan fingerprint density at radius 1 is 0.920 bits per heavy atom. The number of benzene rings is 2. The minimum Gasteiger partial charge on any atom is -0.360 e. The molecular formula is C18H11ClFN3O2. The molecule has 4 rings (SSSR count). The maximum Gasteiger partial charge on any atom is 0.264 e. The Morgan fingerprint density at radius 2 is 1.64 bits per heavy atom. The summed E-state index contributed by atoms with van der Waals surface area (Å²) < 4.78 is 24.6. The molecule has 0 aliphatic heterocycles. The zero-order valence-corrected chi connectivity index (χ0v) is 13.8. The molecule has 0 fully saturated rings. The van der Waals surface area contributed by atoms with E-state index in [0.29, 0.717) is 27.6 Å². The summed E-state index contributed by atoms with van der Waals surface area (Å²) in [5.74, 6) is 0.410. The van der Waals surface area contributed by atoms with E-state index in [1.165, 1.54) is 6.07 Å². The van der Waals surface area contributed by atoms with E-state index in [2.05, 4.69) is 15.3 Å². The normalized spacial score (nSPS) is 11.0. The van der Waals surface area contributed by atoms with Gasteiger partial charge >= 0.3 is 0 Å². The molecule has 0 aliphatic carbocycles.